The van der Waals surface area contributed by atoms with Gasteiger partial charge >= 0.3 is 0 Å². The number of benzene rings is 2. The van der Waals surface area contributed by atoms with Crippen LogP contribution in [0.5, 0.6) is 17.2 Å². The molecule has 0 aliphatic carbocycles. The number of hydrogen-bond acceptors (Lipinski definition) is 8. The largest absolute Gasteiger partial charge is 0.486 e. The predicted octanol–water partition coefficient (Wildman–Crippen LogP) is 2.80. The summed E-state index contributed by atoms with van der Waals surface area (Å²) in [7, 11) is 1.82. The van der Waals surface area contributed by atoms with Crippen molar-refractivity contribution in [1.29, 1.82) is 0 Å². The molecule has 2 amide bonds. The van der Waals surface area contributed by atoms with Crippen LogP contribution in [0.2, 0.25) is 0 Å². The molecule has 10 nitrogen and oxygen atoms in total. The third-order valence-corrected chi connectivity index (χ3v) is 6.55. The van der Waals surface area contributed by atoms with E-state index >= 15 is 0 Å². The summed E-state index contributed by atoms with van der Waals surface area (Å²) in [5.74, 6) is 2.36. The molecule has 1 N–H and O–H groups in total. The maximum atomic E-state index is 12.6. The summed E-state index contributed by atoms with van der Waals surface area (Å²) < 4.78 is 18.4. The molecule has 0 spiro atoms. The molecule has 0 unspecified atom stereocenters. The van der Waals surface area contributed by atoms with Crippen molar-refractivity contribution in [3.8, 4) is 17.2 Å². The van der Waals surface area contributed by atoms with Crippen molar-refractivity contribution in [2.24, 2.45) is 7.05 Å². The van der Waals surface area contributed by atoms with Gasteiger partial charge in [-0.1, -0.05) is 23.9 Å². The number of fused-ring (bicyclic) bond motifs is 2. The minimum Gasteiger partial charge on any atom is -0.486 e. The fraction of sp³-hybridized carbons (Fsp3) is 0.304. The van der Waals surface area contributed by atoms with E-state index in [0.717, 1.165) is 0 Å². The van der Waals surface area contributed by atoms with Crippen molar-refractivity contribution in [2.45, 2.75) is 18.1 Å². The summed E-state index contributed by atoms with van der Waals surface area (Å²) in [6.45, 7) is 2.86. The van der Waals surface area contributed by atoms with Crippen molar-refractivity contribution in [3.63, 3.8) is 0 Å². The van der Waals surface area contributed by atoms with Crippen LogP contribution in [0.3, 0.4) is 0 Å². The molecule has 2 aromatic carbocycles. The lowest BCUT2D eigenvalue weighted by molar-refractivity contribution is -0.121. The van der Waals surface area contributed by atoms with Gasteiger partial charge in [-0.15, -0.1) is 10.2 Å². The Morgan fingerprint density at radius 1 is 1.09 bits per heavy atom. The number of aromatic nitrogens is 3. The molecule has 0 saturated carbocycles. The Labute approximate surface area is 200 Å². The van der Waals surface area contributed by atoms with Crippen molar-refractivity contribution >= 4 is 35.0 Å². The molecule has 1 aromatic heterocycles. The lowest BCUT2D eigenvalue weighted by Gasteiger charge is -2.33. The van der Waals surface area contributed by atoms with E-state index in [1.807, 2.05) is 38.2 Å². The normalized spacial score (nSPS) is 15.4. The van der Waals surface area contributed by atoms with Gasteiger partial charge in [-0.25, -0.2) is 0 Å². The molecule has 34 heavy (non-hydrogen) atoms. The van der Waals surface area contributed by atoms with Gasteiger partial charge < -0.3 is 24.1 Å². The first-order valence-corrected chi connectivity index (χ1v) is 11.8. The molecule has 2 aliphatic heterocycles. The summed E-state index contributed by atoms with van der Waals surface area (Å²) >= 11 is 1.27. The number of para-hydroxylation sites is 2. The number of thioether (sulfide) groups is 1. The lowest BCUT2D eigenvalue weighted by Crippen LogP contribution is -2.41. The quantitative estimate of drug-likeness (QED) is 0.536. The third kappa shape index (κ3) is 4.26. The molecule has 3 aromatic rings. The van der Waals surface area contributed by atoms with Crippen LogP contribution in [0.1, 0.15) is 18.8 Å². The second kappa shape index (κ2) is 9.26. The van der Waals surface area contributed by atoms with Crippen LogP contribution in [0, 0.1) is 0 Å². The Kier molecular flexibility index (Phi) is 6.01. The predicted molar refractivity (Wildman–Crippen MR) is 126 cm³/mol. The van der Waals surface area contributed by atoms with Gasteiger partial charge in [0.05, 0.1) is 17.5 Å². The first-order valence-electron chi connectivity index (χ1n) is 10.8. The van der Waals surface area contributed by atoms with Crippen molar-refractivity contribution < 1.29 is 23.8 Å². The summed E-state index contributed by atoms with van der Waals surface area (Å²) in [4.78, 5) is 26.8. The number of anilines is 2. The van der Waals surface area contributed by atoms with Crippen molar-refractivity contribution in [2.75, 3.05) is 35.8 Å². The zero-order valence-electron chi connectivity index (χ0n) is 18.7. The molecular weight excluding hydrogens is 458 g/mol. The SMILES string of the molecule is C[C@H](c1nnc(SCC(=O)Nc2ccc3c(c2)OCCO3)n1C)N1C(=O)COc2ccccc21. The number of amides is 2. The smallest absolute Gasteiger partial charge is 0.265 e. The second-order valence-corrected chi connectivity index (χ2v) is 8.73. The number of carbonyl (C=O) groups excluding carboxylic acids is 2. The molecule has 176 valence electrons. The minimum atomic E-state index is -0.365. The zero-order chi connectivity index (χ0) is 23.7. The van der Waals surface area contributed by atoms with Gasteiger partial charge in [0.1, 0.15) is 19.0 Å². The summed E-state index contributed by atoms with van der Waals surface area (Å²) in [6.07, 6.45) is 0. The molecular formula is C23H23N5O5S. The molecule has 11 heteroatoms. The number of nitrogens with one attached hydrogen (secondary N) is 1. The molecule has 3 heterocycles. The monoisotopic (exact) mass is 481 g/mol. The lowest BCUT2D eigenvalue weighted by atomic mass is 10.1. The fourth-order valence-corrected chi connectivity index (χ4v) is 4.64. The maximum absolute atomic E-state index is 12.6. The Morgan fingerprint density at radius 3 is 2.74 bits per heavy atom. The van der Waals surface area contributed by atoms with Crippen molar-refractivity contribution in [3.05, 3.63) is 48.3 Å². The van der Waals surface area contributed by atoms with Crippen LogP contribution in [0.25, 0.3) is 0 Å². The highest BCUT2D eigenvalue weighted by Crippen LogP contribution is 2.37. The number of ether oxygens (including phenoxy) is 3. The van der Waals surface area contributed by atoms with Gasteiger partial charge in [0.15, 0.2) is 29.1 Å². The average Bonchev–Trinajstić information content (AvgIpc) is 3.22. The van der Waals surface area contributed by atoms with Crippen LogP contribution in [-0.2, 0) is 16.6 Å². The zero-order valence-corrected chi connectivity index (χ0v) is 19.5. The van der Waals surface area contributed by atoms with Crippen molar-refractivity contribution in [1.82, 2.24) is 14.8 Å². The topological polar surface area (TPSA) is 108 Å². The highest BCUT2D eigenvalue weighted by atomic mass is 32.2. The van der Waals surface area contributed by atoms with Crippen LogP contribution in [0.4, 0.5) is 11.4 Å². The number of hydrogen-bond donors (Lipinski definition) is 1. The van der Waals surface area contributed by atoms with E-state index in [2.05, 4.69) is 15.5 Å². The first kappa shape index (κ1) is 22.1. The van der Waals surface area contributed by atoms with E-state index in [-0.39, 0.29) is 30.2 Å². The van der Waals surface area contributed by atoms with Crippen LogP contribution < -0.4 is 24.4 Å². The van der Waals surface area contributed by atoms with E-state index in [0.29, 0.717) is 52.8 Å². The van der Waals surface area contributed by atoms with E-state index in [1.165, 1.54) is 11.8 Å². The Bertz CT molecular complexity index is 1250. The van der Waals surface area contributed by atoms with Crippen LogP contribution in [0.15, 0.2) is 47.6 Å². The van der Waals surface area contributed by atoms with Gasteiger partial charge in [-0.3, -0.25) is 14.5 Å². The van der Waals surface area contributed by atoms with E-state index < -0.39 is 0 Å². The number of carbonyl (C=O) groups is 2. The Morgan fingerprint density at radius 2 is 1.88 bits per heavy atom. The van der Waals surface area contributed by atoms with Gasteiger partial charge in [0.2, 0.25) is 5.91 Å². The first-order chi connectivity index (χ1) is 16.5. The van der Waals surface area contributed by atoms with Crippen LogP contribution >= 0.6 is 11.8 Å². The van der Waals surface area contributed by atoms with E-state index in [1.54, 1.807) is 27.7 Å². The highest BCUT2D eigenvalue weighted by Gasteiger charge is 2.32. The molecule has 0 fully saturated rings. The highest BCUT2D eigenvalue weighted by molar-refractivity contribution is 7.99. The summed E-state index contributed by atoms with van der Waals surface area (Å²) in [6, 6.07) is 12.3. The summed E-state index contributed by atoms with van der Waals surface area (Å²) in [5, 5.41) is 12.0. The fourth-order valence-electron chi connectivity index (χ4n) is 3.93. The second-order valence-electron chi connectivity index (χ2n) is 7.79. The molecule has 0 radical (unpaired) electrons. The molecule has 0 bridgehead atoms. The van der Waals surface area contributed by atoms with Crippen LogP contribution in [-0.4, -0.2) is 52.2 Å². The van der Waals surface area contributed by atoms with E-state index in [4.69, 9.17) is 14.2 Å². The Hall–Kier alpha value is -3.73. The molecule has 0 saturated heterocycles. The van der Waals surface area contributed by atoms with Gasteiger partial charge in [-0.05, 0) is 31.2 Å². The van der Waals surface area contributed by atoms with Gasteiger partial charge in [-0.2, -0.15) is 0 Å². The minimum absolute atomic E-state index is 0.0269. The standard InChI is InChI=1S/C23H23N5O5S/c1-14(28-16-5-3-4-6-17(16)33-12-21(28)30)22-25-26-23(27(22)2)34-13-20(29)24-15-7-8-18-19(11-15)32-10-9-31-18/h3-8,11,14H,9-10,12-13H2,1-2H3,(H,24,29)/t14-/m1/s1. The van der Waals surface area contributed by atoms with E-state index in [9.17, 15) is 9.59 Å². The summed E-state index contributed by atoms with van der Waals surface area (Å²) in [5.41, 5.74) is 1.33. The number of nitrogens with zero attached hydrogens (tertiary/aromatic N) is 4. The third-order valence-electron chi connectivity index (χ3n) is 5.53. The number of rotatable bonds is 6. The maximum Gasteiger partial charge on any atom is 0.265 e. The molecule has 5 rings (SSSR count). The Balaban J connectivity index is 1.25. The van der Waals surface area contributed by atoms with Gasteiger partial charge in [0, 0.05) is 18.8 Å². The molecule has 1 atom stereocenters. The molecule has 2 aliphatic rings. The van der Waals surface area contributed by atoms with Gasteiger partial charge in [0.25, 0.3) is 5.91 Å². The average molecular weight is 482 g/mol.